The molecule has 1 N–H and O–H groups in total. The Labute approximate surface area is 145 Å². The van der Waals surface area contributed by atoms with Crippen LogP contribution in [0.1, 0.15) is 5.56 Å². The van der Waals surface area contributed by atoms with E-state index in [4.69, 9.17) is 23.8 Å². The van der Waals surface area contributed by atoms with Crippen molar-refractivity contribution >= 4 is 34.5 Å². The molecule has 1 aliphatic rings. The van der Waals surface area contributed by atoms with Crippen LogP contribution in [0.3, 0.4) is 0 Å². The van der Waals surface area contributed by atoms with Crippen LogP contribution in [0.25, 0.3) is 22.3 Å². The molecule has 1 heterocycles. The third-order valence-corrected chi connectivity index (χ3v) is 4.68. The molecule has 4 rings (SSSR count). The van der Waals surface area contributed by atoms with E-state index in [2.05, 4.69) is 59.9 Å². The Hall–Kier alpha value is -2.16. The van der Waals surface area contributed by atoms with Crippen molar-refractivity contribution in [1.29, 1.82) is 0 Å². The van der Waals surface area contributed by atoms with Crippen LogP contribution in [-0.2, 0) is 6.42 Å². The number of hydrogen-bond donors (Lipinski definition) is 1. The van der Waals surface area contributed by atoms with E-state index in [1.54, 1.807) is 0 Å². The van der Waals surface area contributed by atoms with Gasteiger partial charge in [0, 0.05) is 17.7 Å². The van der Waals surface area contributed by atoms with Crippen LogP contribution >= 0.6 is 23.8 Å². The fourth-order valence-corrected chi connectivity index (χ4v) is 3.48. The van der Waals surface area contributed by atoms with Crippen molar-refractivity contribution in [2.45, 2.75) is 6.42 Å². The molecule has 0 fully saturated rings. The van der Waals surface area contributed by atoms with Gasteiger partial charge in [0.1, 0.15) is 0 Å². The van der Waals surface area contributed by atoms with E-state index in [0.717, 1.165) is 33.2 Å². The number of rotatable bonds is 2. The molecule has 0 aliphatic carbocycles. The van der Waals surface area contributed by atoms with Crippen molar-refractivity contribution in [2.24, 2.45) is 0 Å². The van der Waals surface area contributed by atoms with Gasteiger partial charge in [-0.25, -0.2) is 0 Å². The molecule has 0 atom stereocenters. The molecule has 1 nitrogen and oxygen atoms in total. The van der Waals surface area contributed by atoms with Crippen LogP contribution in [0, 0.1) is 0 Å². The van der Waals surface area contributed by atoms with E-state index in [-0.39, 0.29) is 0 Å². The number of fused-ring (bicyclic) bond motifs is 1. The highest BCUT2D eigenvalue weighted by Gasteiger charge is 2.17. The van der Waals surface area contributed by atoms with E-state index in [1.165, 1.54) is 16.7 Å². The molecule has 3 aromatic carbocycles. The Morgan fingerprint density at radius 3 is 2.22 bits per heavy atom. The highest BCUT2D eigenvalue weighted by atomic mass is 35.5. The summed E-state index contributed by atoms with van der Waals surface area (Å²) >= 11 is 11.7. The Bertz CT molecular complexity index is 886. The first-order valence-corrected chi connectivity index (χ1v) is 8.27. The number of halogens is 1. The molecule has 0 unspecified atom stereocenters. The minimum absolute atomic E-state index is 0.744. The summed E-state index contributed by atoms with van der Waals surface area (Å²) in [7, 11) is 0. The van der Waals surface area contributed by atoms with Gasteiger partial charge in [-0.1, -0.05) is 78.4 Å². The second kappa shape index (κ2) is 5.80. The summed E-state index contributed by atoms with van der Waals surface area (Å²) in [6, 6.07) is 23.0. The standard InChI is InChI=1S/C20H14ClNS/c21-18-12-19-16(11-20(23)22-19)10-17(18)15-8-6-14(7-9-15)13-4-2-1-3-5-13/h1-10,12H,11H2,(H,22,23). The lowest BCUT2D eigenvalue weighted by molar-refractivity contribution is 1.42. The number of thiocarbonyl (C=S) groups is 1. The van der Waals surface area contributed by atoms with E-state index >= 15 is 0 Å². The summed E-state index contributed by atoms with van der Waals surface area (Å²) in [5.74, 6) is 0. The van der Waals surface area contributed by atoms with Gasteiger partial charge in [0.05, 0.1) is 10.0 Å². The molecular weight excluding hydrogens is 322 g/mol. The Morgan fingerprint density at radius 1 is 0.826 bits per heavy atom. The molecule has 23 heavy (non-hydrogen) atoms. The minimum atomic E-state index is 0.744. The lowest BCUT2D eigenvalue weighted by atomic mass is 9.98. The second-order valence-electron chi connectivity index (χ2n) is 5.66. The quantitative estimate of drug-likeness (QED) is 0.579. The smallest absolute Gasteiger partial charge is 0.0842 e. The van der Waals surface area contributed by atoms with E-state index in [9.17, 15) is 0 Å². The maximum atomic E-state index is 6.46. The van der Waals surface area contributed by atoms with Crippen molar-refractivity contribution < 1.29 is 0 Å². The van der Waals surface area contributed by atoms with Crippen LogP contribution in [0.4, 0.5) is 5.69 Å². The topological polar surface area (TPSA) is 12.0 Å². The summed E-state index contributed by atoms with van der Waals surface area (Å²) in [6.45, 7) is 0. The molecule has 0 saturated carbocycles. The summed E-state index contributed by atoms with van der Waals surface area (Å²) in [5, 5.41) is 3.94. The van der Waals surface area contributed by atoms with Crippen molar-refractivity contribution in [2.75, 3.05) is 5.32 Å². The predicted molar refractivity (Wildman–Crippen MR) is 102 cm³/mol. The summed E-state index contributed by atoms with van der Waals surface area (Å²) in [4.78, 5) is 0.854. The normalized spacial score (nSPS) is 12.8. The largest absolute Gasteiger partial charge is 0.349 e. The number of benzene rings is 3. The van der Waals surface area contributed by atoms with Gasteiger partial charge in [-0.3, -0.25) is 0 Å². The molecule has 1 aliphatic heterocycles. The first-order valence-electron chi connectivity index (χ1n) is 7.49. The molecule has 0 amide bonds. The van der Waals surface area contributed by atoms with Gasteiger partial charge in [-0.2, -0.15) is 0 Å². The van der Waals surface area contributed by atoms with E-state index in [0.29, 0.717) is 0 Å². The zero-order valence-electron chi connectivity index (χ0n) is 12.3. The van der Waals surface area contributed by atoms with Crippen molar-refractivity contribution in [3.63, 3.8) is 0 Å². The molecule has 0 bridgehead atoms. The molecule has 3 heteroatoms. The molecule has 112 valence electrons. The monoisotopic (exact) mass is 335 g/mol. The molecule has 0 aromatic heterocycles. The van der Waals surface area contributed by atoms with Gasteiger partial charge in [0.2, 0.25) is 0 Å². The lowest BCUT2D eigenvalue weighted by Crippen LogP contribution is -2.00. The maximum absolute atomic E-state index is 6.46. The van der Waals surface area contributed by atoms with Crippen LogP contribution in [0.15, 0.2) is 66.7 Å². The average molecular weight is 336 g/mol. The maximum Gasteiger partial charge on any atom is 0.0842 e. The minimum Gasteiger partial charge on any atom is -0.349 e. The summed E-state index contributed by atoms with van der Waals surface area (Å²) < 4.78 is 0. The van der Waals surface area contributed by atoms with Gasteiger partial charge in [-0.05, 0) is 34.4 Å². The first-order chi connectivity index (χ1) is 11.2. The first kappa shape index (κ1) is 14.4. The summed E-state index contributed by atoms with van der Waals surface area (Å²) in [5.41, 5.74) is 6.83. The van der Waals surface area contributed by atoms with Gasteiger partial charge in [0.15, 0.2) is 0 Å². The fourth-order valence-electron chi connectivity index (χ4n) is 2.94. The highest BCUT2D eigenvalue weighted by molar-refractivity contribution is 7.80. The van der Waals surface area contributed by atoms with Crippen LogP contribution < -0.4 is 5.32 Å². The molecule has 0 spiro atoms. The van der Waals surface area contributed by atoms with Gasteiger partial charge in [-0.15, -0.1) is 0 Å². The highest BCUT2D eigenvalue weighted by Crippen LogP contribution is 2.36. The second-order valence-corrected chi connectivity index (χ2v) is 6.56. The third-order valence-electron chi connectivity index (χ3n) is 4.12. The number of hydrogen-bond acceptors (Lipinski definition) is 1. The van der Waals surface area contributed by atoms with Crippen LogP contribution in [0.2, 0.25) is 5.02 Å². The third kappa shape index (κ3) is 2.76. The van der Waals surface area contributed by atoms with E-state index in [1.807, 2.05) is 12.1 Å². The zero-order chi connectivity index (χ0) is 15.8. The molecule has 0 saturated heterocycles. The molecule has 3 aromatic rings. The predicted octanol–water partition coefficient (Wildman–Crippen LogP) is 5.97. The van der Waals surface area contributed by atoms with Gasteiger partial charge < -0.3 is 5.32 Å². The Kier molecular flexibility index (Phi) is 3.64. The number of anilines is 1. The number of nitrogens with one attached hydrogen (secondary N) is 1. The van der Waals surface area contributed by atoms with Crippen molar-refractivity contribution in [3.05, 3.63) is 77.3 Å². The Balaban J connectivity index is 1.72. The van der Waals surface area contributed by atoms with Gasteiger partial charge >= 0.3 is 0 Å². The summed E-state index contributed by atoms with van der Waals surface area (Å²) in [6.07, 6.45) is 0.789. The van der Waals surface area contributed by atoms with Crippen molar-refractivity contribution in [1.82, 2.24) is 0 Å². The van der Waals surface area contributed by atoms with Crippen LogP contribution in [-0.4, -0.2) is 4.99 Å². The van der Waals surface area contributed by atoms with Gasteiger partial charge in [0.25, 0.3) is 0 Å². The average Bonchev–Trinajstić information content (AvgIpc) is 2.94. The lowest BCUT2D eigenvalue weighted by Gasteiger charge is -2.09. The Morgan fingerprint density at radius 2 is 1.48 bits per heavy atom. The SMILES string of the molecule is S=C1Cc2cc(-c3ccc(-c4ccccc4)cc3)c(Cl)cc2N1. The molecule has 0 radical (unpaired) electrons. The fraction of sp³-hybridized carbons (Fsp3) is 0.0500. The zero-order valence-corrected chi connectivity index (χ0v) is 13.9. The van der Waals surface area contributed by atoms with E-state index < -0.39 is 0 Å². The molecular formula is C20H14ClNS. The van der Waals surface area contributed by atoms with Crippen molar-refractivity contribution in [3.8, 4) is 22.3 Å². The van der Waals surface area contributed by atoms with Crippen LogP contribution in [0.5, 0.6) is 0 Å².